The van der Waals surface area contributed by atoms with Gasteiger partial charge in [-0.25, -0.2) is 0 Å². The number of nitrogens with one attached hydrogen (secondary N) is 3. The van der Waals surface area contributed by atoms with Crippen LogP contribution in [0.2, 0.25) is 5.02 Å². The molecule has 0 aliphatic carbocycles. The standard InChI is InChI=1S/C17H19ClN4O4S/c1-11-8-14(22-26-11)21-16(24)10-27-9-15(23)19-6-7-20-17(25)12-4-2-3-5-13(12)18/h2-5,8H,6-7,9-10H2,1H3,(H,19,23)(H,20,25)(H,21,22,24). The number of amides is 3. The van der Waals surface area contributed by atoms with E-state index in [2.05, 4.69) is 21.1 Å². The van der Waals surface area contributed by atoms with E-state index in [4.69, 9.17) is 16.1 Å². The van der Waals surface area contributed by atoms with E-state index in [0.29, 0.717) is 22.2 Å². The summed E-state index contributed by atoms with van der Waals surface area (Å²) in [5, 5.41) is 11.9. The van der Waals surface area contributed by atoms with Gasteiger partial charge in [0, 0.05) is 19.2 Å². The first-order valence-electron chi connectivity index (χ1n) is 8.06. The van der Waals surface area contributed by atoms with Crippen LogP contribution in [0.25, 0.3) is 0 Å². The van der Waals surface area contributed by atoms with Gasteiger partial charge >= 0.3 is 0 Å². The van der Waals surface area contributed by atoms with Crippen LogP contribution in [0.4, 0.5) is 5.82 Å². The first kappa shape index (κ1) is 20.8. The minimum Gasteiger partial charge on any atom is -0.360 e. The van der Waals surface area contributed by atoms with Crippen molar-refractivity contribution in [1.82, 2.24) is 15.8 Å². The number of aryl methyl sites for hydroxylation is 1. The second-order valence-electron chi connectivity index (χ2n) is 5.45. The van der Waals surface area contributed by atoms with Crippen molar-refractivity contribution in [3.63, 3.8) is 0 Å². The topological polar surface area (TPSA) is 113 Å². The van der Waals surface area contributed by atoms with E-state index in [-0.39, 0.29) is 42.3 Å². The number of thioether (sulfide) groups is 1. The van der Waals surface area contributed by atoms with Gasteiger partial charge in [0.1, 0.15) is 5.76 Å². The lowest BCUT2D eigenvalue weighted by Crippen LogP contribution is -2.35. The van der Waals surface area contributed by atoms with Gasteiger partial charge in [-0.15, -0.1) is 11.8 Å². The van der Waals surface area contributed by atoms with Crippen LogP contribution in [0.15, 0.2) is 34.9 Å². The van der Waals surface area contributed by atoms with Crippen molar-refractivity contribution in [3.05, 3.63) is 46.7 Å². The molecule has 10 heteroatoms. The molecule has 0 fully saturated rings. The molecule has 0 radical (unpaired) electrons. The van der Waals surface area contributed by atoms with E-state index in [0.717, 1.165) is 0 Å². The Kier molecular flexibility index (Phi) is 8.15. The number of rotatable bonds is 9. The smallest absolute Gasteiger partial charge is 0.252 e. The summed E-state index contributed by atoms with van der Waals surface area (Å²) in [4.78, 5) is 35.4. The summed E-state index contributed by atoms with van der Waals surface area (Å²) in [7, 11) is 0. The predicted molar refractivity (Wildman–Crippen MR) is 104 cm³/mol. The first-order valence-corrected chi connectivity index (χ1v) is 9.59. The van der Waals surface area contributed by atoms with Crippen LogP contribution >= 0.6 is 23.4 Å². The van der Waals surface area contributed by atoms with Crippen LogP contribution in [0, 0.1) is 6.92 Å². The van der Waals surface area contributed by atoms with Crippen molar-refractivity contribution in [2.75, 3.05) is 29.9 Å². The molecule has 2 rings (SSSR count). The minimum absolute atomic E-state index is 0.114. The molecule has 2 aromatic rings. The van der Waals surface area contributed by atoms with Gasteiger partial charge < -0.3 is 20.5 Å². The number of carbonyl (C=O) groups excluding carboxylic acids is 3. The highest BCUT2D eigenvalue weighted by Gasteiger charge is 2.10. The summed E-state index contributed by atoms with van der Waals surface area (Å²) in [5.74, 6) is 0.386. The molecule has 0 saturated carbocycles. The normalized spacial score (nSPS) is 10.3. The molecule has 8 nitrogen and oxygen atoms in total. The molecule has 0 aliphatic rings. The third kappa shape index (κ3) is 7.32. The number of anilines is 1. The van der Waals surface area contributed by atoms with Gasteiger partial charge in [0.25, 0.3) is 5.91 Å². The molecular formula is C17H19ClN4O4S. The molecule has 0 saturated heterocycles. The molecule has 3 amide bonds. The Morgan fingerprint density at radius 2 is 1.81 bits per heavy atom. The highest BCUT2D eigenvalue weighted by molar-refractivity contribution is 8.00. The fourth-order valence-corrected chi connectivity index (χ4v) is 2.88. The Bertz CT molecular complexity index is 812. The number of carbonyl (C=O) groups is 3. The Labute approximate surface area is 165 Å². The van der Waals surface area contributed by atoms with Gasteiger partial charge in [0.15, 0.2) is 5.82 Å². The van der Waals surface area contributed by atoms with Crippen molar-refractivity contribution in [1.29, 1.82) is 0 Å². The van der Waals surface area contributed by atoms with Crippen LogP contribution in [0.5, 0.6) is 0 Å². The lowest BCUT2D eigenvalue weighted by molar-refractivity contribution is -0.118. The van der Waals surface area contributed by atoms with Gasteiger partial charge in [-0.2, -0.15) is 0 Å². The maximum atomic E-state index is 11.9. The number of halogens is 1. The summed E-state index contributed by atoms with van der Waals surface area (Å²) in [5.41, 5.74) is 0.384. The highest BCUT2D eigenvalue weighted by Crippen LogP contribution is 2.14. The van der Waals surface area contributed by atoms with Gasteiger partial charge in [-0.1, -0.05) is 28.9 Å². The van der Waals surface area contributed by atoms with Crippen molar-refractivity contribution >= 4 is 46.9 Å². The molecule has 27 heavy (non-hydrogen) atoms. The van der Waals surface area contributed by atoms with Crippen molar-refractivity contribution < 1.29 is 18.9 Å². The minimum atomic E-state index is -0.302. The van der Waals surface area contributed by atoms with E-state index in [1.165, 1.54) is 11.8 Å². The molecule has 1 aromatic carbocycles. The molecule has 0 spiro atoms. The highest BCUT2D eigenvalue weighted by atomic mass is 35.5. The zero-order valence-electron chi connectivity index (χ0n) is 14.6. The van der Waals surface area contributed by atoms with Crippen molar-refractivity contribution in [2.24, 2.45) is 0 Å². The predicted octanol–water partition coefficient (Wildman–Crippen LogP) is 1.85. The molecule has 1 heterocycles. The van der Waals surface area contributed by atoms with Gasteiger partial charge in [0.2, 0.25) is 11.8 Å². The molecule has 144 valence electrons. The number of benzene rings is 1. The van der Waals surface area contributed by atoms with Crippen LogP contribution in [0.3, 0.4) is 0 Å². The Balaban J connectivity index is 1.56. The third-order valence-corrected chi connectivity index (χ3v) is 4.48. The van der Waals surface area contributed by atoms with E-state index in [1.807, 2.05) is 0 Å². The summed E-state index contributed by atoms with van der Waals surface area (Å²) in [6.45, 7) is 2.27. The maximum absolute atomic E-state index is 11.9. The Morgan fingerprint density at radius 3 is 2.52 bits per heavy atom. The molecule has 0 atom stereocenters. The molecule has 3 N–H and O–H groups in total. The van der Waals surface area contributed by atoms with Crippen LogP contribution in [-0.2, 0) is 9.59 Å². The lowest BCUT2D eigenvalue weighted by Gasteiger charge is -2.08. The van der Waals surface area contributed by atoms with Gasteiger partial charge in [-0.3, -0.25) is 14.4 Å². The summed E-state index contributed by atoms with van der Waals surface area (Å²) < 4.78 is 4.84. The fraction of sp³-hybridized carbons (Fsp3) is 0.294. The monoisotopic (exact) mass is 410 g/mol. The second kappa shape index (κ2) is 10.6. The van der Waals surface area contributed by atoms with Crippen LogP contribution in [0.1, 0.15) is 16.1 Å². The lowest BCUT2D eigenvalue weighted by atomic mass is 10.2. The van der Waals surface area contributed by atoms with Gasteiger partial charge in [-0.05, 0) is 19.1 Å². The van der Waals surface area contributed by atoms with Crippen molar-refractivity contribution in [3.8, 4) is 0 Å². The molecule has 0 unspecified atom stereocenters. The number of nitrogens with zero attached hydrogens (tertiary/aromatic N) is 1. The second-order valence-corrected chi connectivity index (χ2v) is 6.84. The number of aromatic nitrogens is 1. The summed E-state index contributed by atoms with van der Waals surface area (Å²) in [6.07, 6.45) is 0. The van der Waals surface area contributed by atoms with E-state index < -0.39 is 0 Å². The van der Waals surface area contributed by atoms with E-state index in [9.17, 15) is 14.4 Å². The van der Waals surface area contributed by atoms with Gasteiger partial charge in [0.05, 0.1) is 22.1 Å². The van der Waals surface area contributed by atoms with E-state index >= 15 is 0 Å². The zero-order valence-corrected chi connectivity index (χ0v) is 16.2. The fourth-order valence-electron chi connectivity index (χ4n) is 2.01. The third-order valence-electron chi connectivity index (χ3n) is 3.21. The van der Waals surface area contributed by atoms with Crippen molar-refractivity contribution in [2.45, 2.75) is 6.92 Å². The maximum Gasteiger partial charge on any atom is 0.252 e. The van der Waals surface area contributed by atoms with Crippen LogP contribution < -0.4 is 16.0 Å². The Morgan fingerprint density at radius 1 is 1.11 bits per heavy atom. The first-order chi connectivity index (χ1) is 13.0. The zero-order chi connectivity index (χ0) is 19.6. The SMILES string of the molecule is Cc1cc(NC(=O)CSCC(=O)NCCNC(=O)c2ccccc2Cl)no1. The summed E-state index contributed by atoms with van der Waals surface area (Å²) >= 11 is 7.11. The molecule has 0 aliphatic heterocycles. The quantitative estimate of drug-likeness (QED) is 0.544. The Hall–Kier alpha value is -2.52. The number of hydrogen-bond donors (Lipinski definition) is 3. The average molecular weight is 411 g/mol. The molecular weight excluding hydrogens is 392 g/mol. The average Bonchev–Trinajstić information content (AvgIpc) is 3.03. The largest absolute Gasteiger partial charge is 0.360 e. The number of hydrogen-bond acceptors (Lipinski definition) is 6. The van der Waals surface area contributed by atoms with Crippen LogP contribution in [-0.4, -0.2) is 47.5 Å². The molecule has 1 aromatic heterocycles. The molecule has 0 bridgehead atoms. The van der Waals surface area contributed by atoms with E-state index in [1.54, 1.807) is 37.3 Å². The summed E-state index contributed by atoms with van der Waals surface area (Å²) in [6, 6.07) is 8.32.